The van der Waals surface area contributed by atoms with Crippen LogP contribution < -0.4 is 24.8 Å². The molecule has 2 N–H and O–H groups in total. The van der Waals surface area contributed by atoms with E-state index in [0.717, 1.165) is 4.90 Å². The summed E-state index contributed by atoms with van der Waals surface area (Å²) in [5.74, 6) is 0.412. The number of rotatable bonds is 8. The molecule has 9 heteroatoms. The van der Waals surface area contributed by atoms with Crippen LogP contribution >= 0.6 is 0 Å². The number of hydrogen-bond donors (Lipinski definition) is 2. The van der Waals surface area contributed by atoms with Crippen molar-refractivity contribution >= 4 is 23.5 Å². The van der Waals surface area contributed by atoms with Crippen LogP contribution in [-0.2, 0) is 9.59 Å². The molecule has 0 spiro atoms. The van der Waals surface area contributed by atoms with E-state index < -0.39 is 29.9 Å². The topological polar surface area (TPSA) is 106 Å². The second-order valence-electron chi connectivity index (χ2n) is 7.21. The fraction of sp³-hybridized carbons (Fsp3) is 0.526. The van der Waals surface area contributed by atoms with E-state index >= 15 is 0 Å². The first-order chi connectivity index (χ1) is 13.1. The number of methoxy groups -OCH3 is 3. The molecule has 154 valence electrons. The summed E-state index contributed by atoms with van der Waals surface area (Å²) < 4.78 is 15.7. The third-order valence-corrected chi connectivity index (χ3v) is 4.41. The van der Waals surface area contributed by atoms with Crippen molar-refractivity contribution in [3.8, 4) is 17.2 Å². The van der Waals surface area contributed by atoms with E-state index in [0.29, 0.717) is 29.4 Å². The number of nitrogens with one attached hydrogen (secondary N) is 2. The Balaban J connectivity index is 2.14. The van der Waals surface area contributed by atoms with Gasteiger partial charge in [-0.3, -0.25) is 14.5 Å². The van der Waals surface area contributed by atoms with Crippen molar-refractivity contribution < 1.29 is 28.6 Å². The van der Waals surface area contributed by atoms with Gasteiger partial charge in [0.25, 0.3) is 5.91 Å². The van der Waals surface area contributed by atoms with E-state index in [9.17, 15) is 14.4 Å². The van der Waals surface area contributed by atoms with Crippen molar-refractivity contribution in [2.75, 3.05) is 33.2 Å². The number of carbonyl (C=O) groups excluding carboxylic acids is 3. The van der Waals surface area contributed by atoms with Gasteiger partial charge in [0.05, 0.1) is 21.3 Å². The van der Waals surface area contributed by atoms with Crippen LogP contribution in [0.25, 0.3) is 0 Å². The molecule has 1 aliphatic heterocycles. The van der Waals surface area contributed by atoms with Gasteiger partial charge in [0.1, 0.15) is 12.1 Å². The van der Waals surface area contributed by atoms with Crippen molar-refractivity contribution in [3.63, 3.8) is 0 Å². The molecular formula is C19H27N3O6. The van der Waals surface area contributed by atoms with Crippen LogP contribution in [0.2, 0.25) is 0 Å². The SMILES string of the molecule is COc1cc(NC(=O)CN2C(=O)NC(C)(CC(C)C)C2=O)cc(OC)c1OC. The summed E-state index contributed by atoms with van der Waals surface area (Å²) in [7, 11) is 4.40. The van der Waals surface area contributed by atoms with Crippen LogP contribution in [0.1, 0.15) is 27.2 Å². The average molecular weight is 393 g/mol. The molecule has 9 nitrogen and oxygen atoms in total. The number of anilines is 1. The summed E-state index contributed by atoms with van der Waals surface area (Å²) in [5.41, 5.74) is -0.616. The normalized spacial score (nSPS) is 18.9. The number of urea groups is 1. The second kappa shape index (κ2) is 8.37. The van der Waals surface area contributed by atoms with E-state index in [1.54, 1.807) is 19.1 Å². The molecule has 1 unspecified atom stereocenters. The number of carbonyl (C=O) groups is 3. The highest BCUT2D eigenvalue weighted by atomic mass is 16.5. The Kier molecular flexibility index (Phi) is 6.37. The highest BCUT2D eigenvalue weighted by Gasteiger charge is 2.48. The molecule has 28 heavy (non-hydrogen) atoms. The average Bonchev–Trinajstić information content (AvgIpc) is 2.82. The lowest BCUT2D eigenvalue weighted by Gasteiger charge is -2.23. The third kappa shape index (κ3) is 4.29. The summed E-state index contributed by atoms with van der Waals surface area (Å²) in [6.07, 6.45) is 0.489. The third-order valence-electron chi connectivity index (χ3n) is 4.41. The predicted molar refractivity (Wildman–Crippen MR) is 103 cm³/mol. The molecule has 1 fully saturated rings. The molecule has 1 aliphatic rings. The van der Waals surface area contributed by atoms with Gasteiger partial charge in [-0.15, -0.1) is 0 Å². The second-order valence-corrected chi connectivity index (χ2v) is 7.21. The molecule has 0 aliphatic carbocycles. The van der Waals surface area contributed by atoms with Gasteiger partial charge in [-0.25, -0.2) is 4.79 Å². The smallest absolute Gasteiger partial charge is 0.325 e. The van der Waals surface area contributed by atoms with E-state index in [1.165, 1.54) is 21.3 Å². The van der Waals surface area contributed by atoms with Crippen LogP contribution in [0.4, 0.5) is 10.5 Å². The molecule has 0 bridgehead atoms. The molecule has 1 aromatic carbocycles. The minimum atomic E-state index is -1.00. The van der Waals surface area contributed by atoms with Gasteiger partial charge in [0.15, 0.2) is 11.5 Å². The van der Waals surface area contributed by atoms with Gasteiger partial charge >= 0.3 is 6.03 Å². The summed E-state index contributed by atoms with van der Waals surface area (Å²) in [6, 6.07) is 2.55. The van der Waals surface area contributed by atoms with E-state index in [1.807, 2.05) is 13.8 Å². The lowest BCUT2D eigenvalue weighted by molar-refractivity contribution is -0.133. The van der Waals surface area contributed by atoms with Crippen molar-refractivity contribution in [2.45, 2.75) is 32.7 Å². The van der Waals surface area contributed by atoms with Crippen molar-refractivity contribution in [1.29, 1.82) is 0 Å². The van der Waals surface area contributed by atoms with Gasteiger partial charge < -0.3 is 24.8 Å². The number of nitrogens with zero attached hydrogens (tertiary/aromatic N) is 1. The van der Waals surface area contributed by atoms with Crippen LogP contribution in [0, 0.1) is 5.92 Å². The van der Waals surface area contributed by atoms with E-state index in [-0.39, 0.29) is 5.92 Å². The van der Waals surface area contributed by atoms with E-state index in [2.05, 4.69) is 10.6 Å². The first-order valence-corrected chi connectivity index (χ1v) is 8.89. The molecular weight excluding hydrogens is 366 g/mol. The molecule has 1 atom stereocenters. The lowest BCUT2D eigenvalue weighted by Crippen LogP contribution is -2.45. The molecule has 0 saturated carbocycles. The Morgan fingerprint density at radius 3 is 2.18 bits per heavy atom. The van der Waals surface area contributed by atoms with Crippen LogP contribution in [0.3, 0.4) is 0 Å². The Morgan fingerprint density at radius 1 is 1.14 bits per heavy atom. The van der Waals surface area contributed by atoms with Crippen molar-refractivity contribution in [2.24, 2.45) is 5.92 Å². The summed E-state index contributed by atoms with van der Waals surface area (Å²) in [6.45, 7) is 5.20. The zero-order chi connectivity index (χ0) is 21.1. The van der Waals surface area contributed by atoms with E-state index in [4.69, 9.17) is 14.2 Å². The van der Waals surface area contributed by atoms with Gasteiger partial charge in [-0.05, 0) is 19.3 Å². The molecule has 1 aromatic rings. The molecule has 0 radical (unpaired) electrons. The summed E-state index contributed by atoms with van der Waals surface area (Å²) in [5, 5.41) is 5.33. The predicted octanol–water partition coefficient (Wildman–Crippen LogP) is 2.01. The number of amides is 4. The van der Waals surface area contributed by atoms with Crippen molar-refractivity contribution in [1.82, 2.24) is 10.2 Å². The Labute approximate surface area is 164 Å². The Hall–Kier alpha value is -2.97. The fourth-order valence-corrected chi connectivity index (χ4v) is 3.34. The molecule has 1 heterocycles. The maximum Gasteiger partial charge on any atom is 0.325 e. The lowest BCUT2D eigenvalue weighted by atomic mass is 9.91. The van der Waals surface area contributed by atoms with Crippen LogP contribution in [0.15, 0.2) is 12.1 Å². The maximum atomic E-state index is 12.7. The zero-order valence-corrected chi connectivity index (χ0v) is 17.0. The largest absolute Gasteiger partial charge is 0.493 e. The highest BCUT2D eigenvalue weighted by Crippen LogP contribution is 2.39. The van der Waals surface area contributed by atoms with Crippen LogP contribution in [-0.4, -0.2) is 56.2 Å². The number of benzene rings is 1. The highest BCUT2D eigenvalue weighted by molar-refractivity contribution is 6.10. The number of ether oxygens (including phenoxy) is 3. The summed E-state index contributed by atoms with van der Waals surface area (Å²) >= 11 is 0. The quantitative estimate of drug-likeness (QED) is 0.655. The monoisotopic (exact) mass is 393 g/mol. The standard InChI is InChI=1S/C19H27N3O6/c1-11(2)9-19(3)17(24)22(18(25)21-19)10-15(23)20-12-7-13(26-4)16(28-6)14(8-12)27-5/h7-8,11H,9-10H2,1-6H3,(H,20,23)(H,21,25). The molecule has 4 amide bonds. The number of hydrogen-bond acceptors (Lipinski definition) is 6. The van der Waals surface area contributed by atoms with Gasteiger partial charge in [0, 0.05) is 17.8 Å². The molecule has 0 aromatic heterocycles. The maximum absolute atomic E-state index is 12.7. The Morgan fingerprint density at radius 2 is 1.71 bits per heavy atom. The minimum Gasteiger partial charge on any atom is -0.493 e. The number of imide groups is 1. The summed E-state index contributed by atoms with van der Waals surface area (Å²) in [4.78, 5) is 38.2. The van der Waals surface area contributed by atoms with Crippen molar-refractivity contribution in [3.05, 3.63) is 12.1 Å². The van der Waals surface area contributed by atoms with Gasteiger partial charge in [-0.1, -0.05) is 13.8 Å². The molecule has 2 rings (SSSR count). The fourth-order valence-electron chi connectivity index (χ4n) is 3.34. The Bertz CT molecular complexity index is 754. The van der Waals surface area contributed by atoms with Crippen LogP contribution in [0.5, 0.6) is 17.2 Å². The first kappa shape index (κ1) is 21.3. The minimum absolute atomic E-state index is 0.210. The van der Waals surface area contributed by atoms with Gasteiger partial charge in [0.2, 0.25) is 11.7 Å². The molecule has 1 saturated heterocycles. The zero-order valence-electron chi connectivity index (χ0n) is 17.0. The van der Waals surface area contributed by atoms with Gasteiger partial charge in [-0.2, -0.15) is 0 Å². The first-order valence-electron chi connectivity index (χ1n) is 8.89.